The first-order chi connectivity index (χ1) is 14.6. The normalized spacial score (nSPS) is 14.5. The zero-order chi connectivity index (χ0) is 20.9. The first-order valence-electron chi connectivity index (χ1n) is 9.91. The summed E-state index contributed by atoms with van der Waals surface area (Å²) in [6.45, 7) is 1.12. The molecule has 0 spiro atoms. The summed E-state index contributed by atoms with van der Waals surface area (Å²) in [6.07, 6.45) is 3.02. The van der Waals surface area contributed by atoms with Gasteiger partial charge in [-0.3, -0.25) is 9.59 Å². The predicted molar refractivity (Wildman–Crippen MR) is 112 cm³/mol. The molecule has 8 heteroatoms. The average Bonchev–Trinajstić information content (AvgIpc) is 3.26. The number of rotatable bonds is 6. The van der Waals surface area contributed by atoms with Gasteiger partial charge in [0.2, 0.25) is 0 Å². The van der Waals surface area contributed by atoms with Gasteiger partial charge in [0.05, 0.1) is 24.5 Å². The highest BCUT2D eigenvalue weighted by Gasteiger charge is 2.24. The number of hydrogen-bond acceptors (Lipinski definition) is 5. The molecule has 0 aliphatic carbocycles. The number of hydrogen-bond donors (Lipinski definition) is 2. The number of likely N-dealkylation sites (tertiary alicyclic amines) is 1. The van der Waals surface area contributed by atoms with E-state index in [1.54, 1.807) is 42.6 Å². The number of para-hydroxylation sites is 2. The van der Waals surface area contributed by atoms with Crippen LogP contribution in [-0.2, 0) is 4.79 Å². The molecule has 0 atom stereocenters. The molecule has 1 saturated heterocycles. The summed E-state index contributed by atoms with van der Waals surface area (Å²) in [5, 5.41) is 3.07. The van der Waals surface area contributed by atoms with Crippen LogP contribution in [-0.4, -0.2) is 59.5 Å². The Morgan fingerprint density at radius 2 is 1.93 bits per heavy atom. The van der Waals surface area contributed by atoms with E-state index in [0.29, 0.717) is 43.0 Å². The fraction of sp³-hybridized carbons (Fsp3) is 0.318. The van der Waals surface area contributed by atoms with Gasteiger partial charge in [0, 0.05) is 24.7 Å². The van der Waals surface area contributed by atoms with E-state index in [1.807, 2.05) is 18.2 Å². The Morgan fingerprint density at radius 3 is 2.70 bits per heavy atom. The Labute approximate surface area is 174 Å². The van der Waals surface area contributed by atoms with Crippen LogP contribution < -0.4 is 14.8 Å². The fourth-order valence-corrected chi connectivity index (χ4v) is 3.59. The smallest absolute Gasteiger partial charge is 0.260 e. The molecule has 1 aliphatic heterocycles. The van der Waals surface area contributed by atoms with E-state index in [9.17, 15) is 9.59 Å². The van der Waals surface area contributed by atoms with Crippen molar-refractivity contribution in [2.24, 2.45) is 0 Å². The molecule has 2 aromatic carbocycles. The summed E-state index contributed by atoms with van der Waals surface area (Å²) in [5.41, 5.74) is 2.25. The van der Waals surface area contributed by atoms with Crippen LogP contribution in [0.2, 0.25) is 0 Å². The third-order valence-corrected chi connectivity index (χ3v) is 5.29. The maximum Gasteiger partial charge on any atom is 0.260 e. The quantitative estimate of drug-likeness (QED) is 0.653. The molecule has 0 bridgehead atoms. The summed E-state index contributed by atoms with van der Waals surface area (Å²) in [5.74, 6) is 0.955. The average molecular weight is 408 g/mol. The summed E-state index contributed by atoms with van der Waals surface area (Å²) >= 11 is 0. The highest BCUT2D eigenvalue weighted by Crippen LogP contribution is 2.25. The number of piperidine rings is 1. The highest BCUT2D eigenvalue weighted by molar-refractivity contribution is 5.97. The first kappa shape index (κ1) is 19.8. The highest BCUT2D eigenvalue weighted by atomic mass is 16.5. The summed E-state index contributed by atoms with van der Waals surface area (Å²) in [7, 11) is 1.57. The molecule has 2 heterocycles. The van der Waals surface area contributed by atoms with Crippen LogP contribution in [0.3, 0.4) is 0 Å². The van der Waals surface area contributed by atoms with Crippen molar-refractivity contribution in [3.05, 3.63) is 54.4 Å². The molecule has 1 fully saturated rings. The lowest BCUT2D eigenvalue weighted by molar-refractivity contribution is -0.134. The van der Waals surface area contributed by atoms with Gasteiger partial charge in [0.25, 0.3) is 11.8 Å². The lowest BCUT2D eigenvalue weighted by Gasteiger charge is -2.32. The predicted octanol–water partition coefficient (Wildman–Crippen LogP) is 2.37. The number of amides is 2. The number of H-pyrrole nitrogens is 1. The number of ether oxygens (including phenoxy) is 2. The lowest BCUT2D eigenvalue weighted by Crippen LogP contribution is -2.47. The summed E-state index contributed by atoms with van der Waals surface area (Å²) in [4.78, 5) is 34.0. The summed E-state index contributed by atoms with van der Waals surface area (Å²) < 4.78 is 10.9. The van der Waals surface area contributed by atoms with Crippen molar-refractivity contribution in [3.63, 3.8) is 0 Å². The number of aromatic nitrogens is 2. The monoisotopic (exact) mass is 408 g/mol. The van der Waals surface area contributed by atoms with Crippen LogP contribution in [0.1, 0.15) is 23.2 Å². The Hall–Kier alpha value is -3.55. The molecule has 0 saturated carbocycles. The molecule has 156 valence electrons. The molecular weight excluding hydrogens is 384 g/mol. The minimum Gasteiger partial charge on any atom is -0.493 e. The summed E-state index contributed by atoms with van der Waals surface area (Å²) in [6, 6.07) is 12.7. The third kappa shape index (κ3) is 4.37. The Bertz CT molecular complexity index is 1040. The first-order valence-corrected chi connectivity index (χ1v) is 9.91. The largest absolute Gasteiger partial charge is 0.493 e. The molecule has 4 rings (SSSR count). The Morgan fingerprint density at radius 1 is 1.17 bits per heavy atom. The number of aromatic amines is 1. The number of nitrogens with zero attached hydrogens (tertiary/aromatic N) is 2. The molecule has 3 aromatic rings. The van der Waals surface area contributed by atoms with Gasteiger partial charge in [-0.2, -0.15) is 0 Å². The van der Waals surface area contributed by atoms with Crippen LogP contribution in [0.15, 0.2) is 48.8 Å². The molecular formula is C22H24N4O4. The Balaban J connectivity index is 1.26. The number of imidazole rings is 1. The van der Waals surface area contributed by atoms with Crippen molar-refractivity contribution in [2.45, 2.75) is 18.9 Å². The molecule has 8 nitrogen and oxygen atoms in total. The second kappa shape index (κ2) is 8.86. The van der Waals surface area contributed by atoms with Gasteiger partial charge < -0.3 is 24.7 Å². The van der Waals surface area contributed by atoms with Crippen molar-refractivity contribution in [2.75, 3.05) is 26.8 Å². The molecule has 0 unspecified atom stereocenters. The van der Waals surface area contributed by atoms with E-state index in [2.05, 4.69) is 15.3 Å². The number of fused-ring (bicyclic) bond motifs is 1. The van der Waals surface area contributed by atoms with Crippen molar-refractivity contribution >= 4 is 22.8 Å². The maximum absolute atomic E-state index is 12.6. The zero-order valence-electron chi connectivity index (χ0n) is 16.8. The van der Waals surface area contributed by atoms with Gasteiger partial charge in [0.1, 0.15) is 0 Å². The van der Waals surface area contributed by atoms with E-state index < -0.39 is 0 Å². The number of benzene rings is 2. The third-order valence-electron chi connectivity index (χ3n) is 5.29. The van der Waals surface area contributed by atoms with Crippen LogP contribution in [0.4, 0.5) is 0 Å². The molecule has 2 N–H and O–H groups in total. The second-order valence-corrected chi connectivity index (χ2v) is 7.20. The van der Waals surface area contributed by atoms with Crippen molar-refractivity contribution < 1.29 is 19.1 Å². The van der Waals surface area contributed by atoms with E-state index in [0.717, 1.165) is 11.0 Å². The van der Waals surface area contributed by atoms with E-state index in [1.165, 1.54) is 0 Å². The van der Waals surface area contributed by atoms with Crippen molar-refractivity contribution in [1.29, 1.82) is 0 Å². The van der Waals surface area contributed by atoms with Crippen molar-refractivity contribution in [1.82, 2.24) is 20.2 Å². The molecule has 0 radical (unpaired) electrons. The maximum atomic E-state index is 12.6. The van der Waals surface area contributed by atoms with Gasteiger partial charge >= 0.3 is 0 Å². The number of carbonyl (C=O) groups is 2. The SMILES string of the molecule is COc1ccccc1OCC(=O)N1CCC(NC(=O)c2ccc3nc[nH]c3c2)CC1. The number of methoxy groups -OCH3 is 1. The van der Waals surface area contributed by atoms with Gasteiger partial charge in [0.15, 0.2) is 18.1 Å². The molecule has 2 amide bonds. The Kier molecular flexibility index (Phi) is 5.83. The molecule has 30 heavy (non-hydrogen) atoms. The van der Waals surface area contributed by atoms with E-state index in [-0.39, 0.29) is 24.5 Å². The molecule has 1 aliphatic rings. The topological polar surface area (TPSA) is 96.6 Å². The van der Waals surface area contributed by atoms with Crippen LogP contribution in [0.5, 0.6) is 11.5 Å². The van der Waals surface area contributed by atoms with E-state index in [4.69, 9.17) is 9.47 Å². The van der Waals surface area contributed by atoms with E-state index >= 15 is 0 Å². The fourth-order valence-electron chi connectivity index (χ4n) is 3.59. The van der Waals surface area contributed by atoms with Crippen LogP contribution >= 0.6 is 0 Å². The van der Waals surface area contributed by atoms with Gasteiger partial charge in [-0.1, -0.05) is 12.1 Å². The van der Waals surface area contributed by atoms with Gasteiger partial charge in [-0.05, 0) is 43.2 Å². The van der Waals surface area contributed by atoms with Crippen LogP contribution in [0.25, 0.3) is 11.0 Å². The second-order valence-electron chi connectivity index (χ2n) is 7.20. The number of carbonyl (C=O) groups excluding carboxylic acids is 2. The number of nitrogens with one attached hydrogen (secondary N) is 2. The zero-order valence-corrected chi connectivity index (χ0v) is 16.8. The van der Waals surface area contributed by atoms with Crippen LogP contribution in [0, 0.1) is 0 Å². The standard InChI is InChI=1S/C22H24N4O4/c1-29-19-4-2-3-5-20(19)30-13-21(27)26-10-8-16(9-11-26)25-22(28)15-6-7-17-18(12-15)24-14-23-17/h2-7,12,14,16H,8-11,13H2,1H3,(H,23,24)(H,25,28). The minimum absolute atomic E-state index is 0.0362. The van der Waals surface area contributed by atoms with Gasteiger partial charge in [-0.15, -0.1) is 0 Å². The molecule has 1 aromatic heterocycles. The van der Waals surface area contributed by atoms with Crippen molar-refractivity contribution in [3.8, 4) is 11.5 Å². The lowest BCUT2D eigenvalue weighted by atomic mass is 10.0. The van der Waals surface area contributed by atoms with Gasteiger partial charge in [-0.25, -0.2) is 4.98 Å². The minimum atomic E-state index is -0.115.